The summed E-state index contributed by atoms with van der Waals surface area (Å²) >= 11 is 6.29. The van der Waals surface area contributed by atoms with E-state index in [1.54, 1.807) is 4.68 Å². The number of aliphatic hydroxyl groups excluding tert-OH is 1. The van der Waals surface area contributed by atoms with Crippen molar-refractivity contribution >= 4 is 11.6 Å². The van der Waals surface area contributed by atoms with Gasteiger partial charge in [-0.2, -0.15) is 10.2 Å². The number of halogens is 1. The maximum absolute atomic E-state index is 9.12. The van der Waals surface area contributed by atoms with Crippen LogP contribution in [0.5, 0.6) is 0 Å². The molecular formula is C15H22ClN5O. The van der Waals surface area contributed by atoms with E-state index in [2.05, 4.69) is 15.5 Å². The summed E-state index contributed by atoms with van der Waals surface area (Å²) in [6.45, 7) is 3.37. The van der Waals surface area contributed by atoms with Gasteiger partial charge in [0.05, 0.1) is 25.0 Å². The lowest BCUT2D eigenvalue weighted by atomic mass is 9.93. The van der Waals surface area contributed by atoms with Crippen molar-refractivity contribution in [3.05, 3.63) is 33.9 Å². The van der Waals surface area contributed by atoms with Crippen LogP contribution in [0.4, 0.5) is 0 Å². The maximum atomic E-state index is 9.12. The van der Waals surface area contributed by atoms with Crippen molar-refractivity contribution in [3.8, 4) is 0 Å². The van der Waals surface area contributed by atoms with E-state index >= 15 is 0 Å². The normalized spacial score (nSPS) is 17.7. The van der Waals surface area contributed by atoms with Gasteiger partial charge in [-0.1, -0.05) is 11.6 Å². The van der Waals surface area contributed by atoms with Crippen LogP contribution in [0.3, 0.4) is 0 Å². The molecule has 1 unspecified atom stereocenters. The average Bonchev–Trinajstić information content (AvgIpc) is 3.01. The van der Waals surface area contributed by atoms with Gasteiger partial charge in [0, 0.05) is 36.5 Å². The Morgan fingerprint density at radius 2 is 2.32 bits per heavy atom. The lowest BCUT2D eigenvalue weighted by molar-refractivity contribution is 0.266. The second-order valence-corrected chi connectivity index (χ2v) is 6.16. The fourth-order valence-corrected chi connectivity index (χ4v) is 3.46. The first-order valence-corrected chi connectivity index (χ1v) is 8.06. The third-order valence-electron chi connectivity index (χ3n) is 4.37. The number of fused-ring (bicyclic) bond motifs is 1. The van der Waals surface area contributed by atoms with Gasteiger partial charge < -0.3 is 10.4 Å². The molecule has 2 aromatic heterocycles. The predicted octanol–water partition coefficient (Wildman–Crippen LogP) is 1.74. The Bertz CT molecular complexity index is 663. The van der Waals surface area contributed by atoms with E-state index in [-0.39, 0.29) is 12.6 Å². The van der Waals surface area contributed by atoms with Gasteiger partial charge in [0.25, 0.3) is 0 Å². The first-order valence-electron chi connectivity index (χ1n) is 7.68. The minimum atomic E-state index is 0.122. The Hall–Kier alpha value is -1.37. The van der Waals surface area contributed by atoms with Crippen LogP contribution in [0.15, 0.2) is 6.20 Å². The Balaban J connectivity index is 1.75. The molecule has 0 aromatic carbocycles. The van der Waals surface area contributed by atoms with E-state index in [4.69, 9.17) is 16.7 Å². The minimum absolute atomic E-state index is 0.122. The van der Waals surface area contributed by atoms with E-state index in [0.717, 1.165) is 30.5 Å². The van der Waals surface area contributed by atoms with Gasteiger partial charge in [0.1, 0.15) is 5.15 Å². The number of aryl methyl sites for hydroxylation is 2. The molecule has 6 nitrogen and oxygen atoms in total. The van der Waals surface area contributed by atoms with Gasteiger partial charge in [0.15, 0.2) is 0 Å². The quantitative estimate of drug-likeness (QED) is 0.879. The summed E-state index contributed by atoms with van der Waals surface area (Å²) in [6.07, 6.45) is 5.18. The van der Waals surface area contributed by atoms with Gasteiger partial charge in [-0.15, -0.1) is 0 Å². The fourth-order valence-electron chi connectivity index (χ4n) is 3.22. The third-order valence-corrected chi connectivity index (χ3v) is 4.84. The topological polar surface area (TPSA) is 67.9 Å². The standard InChI is InChI=1S/C15H22ClN5O/c1-10-11(15(16)20(2)19-10)8-17-13-4-3-5-14-12(13)9-18-21(14)6-7-22/h9,13,17,22H,3-8H2,1-2H3. The van der Waals surface area contributed by atoms with Crippen molar-refractivity contribution in [2.45, 2.75) is 45.3 Å². The molecule has 22 heavy (non-hydrogen) atoms. The van der Waals surface area contributed by atoms with E-state index in [0.29, 0.717) is 18.2 Å². The smallest absolute Gasteiger partial charge is 0.131 e. The molecule has 1 atom stereocenters. The molecular weight excluding hydrogens is 302 g/mol. The number of rotatable bonds is 5. The molecule has 0 spiro atoms. The van der Waals surface area contributed by atoms with Crippen LogP contribution in [0, 0.1) is 6.92 Å². The average molecular weight is 324 g/mol. The highest BCUT2D eigenvalue weighted by molar-refractivity contribution is 6.30. The Labute approximate surface area is 135 Å². The molecule has 0 aliphatic heterocycles. The molecule has 0 amide bonds. The zero-order valence-electron chi connectivity index (χ0n) is 13.0. The number of hydrogen-bond donors (Lipinski definition) is 2. The summed E-state index contributed by atoms with van der Waals surface area (Å²) in [5, 5.41) is 22.2. The van der Waals surface area contributed by atoms with Crippen LogP contribution in [0.25, 0.3) is 0 Å². The van der Waals surface area contributed by atoms with Gasteiger partial charge in [-0.05, 0) is 26.2 Å². The van der Waals surface area contributed by atoms with Crippen molar-refractivity contribution in [2.24, 2.45) is 7.05 Å². The highest BCUT2D eigenvalue weighted by Gasteiger charge is 2.24. The van der Waals surface area contributed by atoms with Crippen LogP contribution in [0.2, 0.25) is 5.15 Å². The van der Waals surface area contributed by atoms with E-state index in [1.165, 1.54) is 11.3 Å². The highest BCUT2D eigenvalue weighted by Crippen LogP contribution is 2.30. The molecule has 1 aliphatic carbocycles. The highest BCUT2D eigenvalue weighted by atomic mass is 35.5. The van der Waals surface area contributed by atoms with Gasteiger partial charge >= 0.3 is 0 Å². The zero-order chi connectivity index (χ0) is 15.7. The minimum Gasteiger partial charge on any atom is -0.394 e. The summed E-state index contributed by atoms with van der Waals surface area (Å²) in [6, 6.07) is 0.284. The number of nitrogens with one attached hydrogen (secondary N) is 1. The molecule has 0 saturated carbocycles. The summed E-state index contributed by atoms with van der Waals surface area (Å²) in [5.41, 5.74) is 4.51. The lowest BCUT2D eigenvalue weighted by Gasteiger charge is -2.24. The summed E-state index contributed by atoms with van der Waals surface area (Å²) in [5.74, 6) is 0. The lowest BCUT2D eigenvalue weighted by Crippen LogP contribution is -2.25. The van der Waals surface area contributed by atoms with Crippen LogP contribution in [-0.2, 0) is 26.6 Å². The van der Waals surface area contributed by atoms with Crippen LogP contribution in [-0.4, -0.2) is 31.3 Å². The molecule has 0 fully saturated rings. The Kier molecular flexibility index (Phi) is 4.52. The van der Waals surface area contributed by atoms with Gasteiger partial charge in [-0.3, -0.25) is 9.36 Å². The van der Waals surface area contributed by atoms with E-state index in [9.17, 15) is 0 Å². The maximum Gasteiger partial charge on any atom is 0.131 e. The molecule has 0 radical (unpaired) electrons. The van der Waals surface area contributed by atoms with Crippen molar-refractivity contribution in [1.82, 2.24) is 24.9 Å². The number of aromatic nitrogens is 4. The van der Waals surface area contributed by atoms with Gasteiger partial charge in [0.2, 0.25) is 0 Å². The summed E-state index contributed by atoms with van der Waals surface area (Å²) in [4.78, 5) is 0. The fraction of sp³-hybridized carbons (Fsp3) is 0.600. The van der Waals surface area contributed by atoms with Crippen molar-refractivity contribution in [3.63, 3.8) is 0 Å². The first kappa shape index (κ1) is 15.5. The van der Waals surface area contributed by atoms with Gasteiger partial charge in [-0.25, -0.2) is 0 Å². The summed E-state index contributed by atoms with van der Waals surface area (Å²) in [7, 11) is 1.86. The SMILES string of the molecule is Cc1nn(C)c(Cl)c1CNC1CCCc2c1cnn2CCO. The third kappa shape index (κ3) is 2.78. The Morgan fingerprint density at radius 3 is 3.00 bits per heavy atom. The summed E-state index contributed by atoms with van der Waals surface area (Å²) < 4.78 is 3.63. The van der Waals surface area contributed by atoms with Crippen molar-refractivity contribution in [1.29, 1.82) is 0 Å². The molecule has 2 aromatic rings. The molecule has 2 heterocycles. The number of aliphatic hydroxyl groups is 1. The molecule has 0 saturated heterocycles. The van der Waals surface area contributed by atoms with E-state index < -0.39 is 0 Å². The predicted molar refractivity (Wildman–Crippen MR) is 84.8 cm³/mol. The largest absolute Gasteiger partial charge is 0.394 e. The molecule has 3 rings (SSSR count). The van der Waals surface area contributed by atoms with Crippen LogP contribution < -0.4 is 5.32 Å². The van der Waals surface area contributed by atoms with E-state index in [1.807, 2.05) is 24.9 Å². The second kappa shape index (κ2) is 6.40. The second-order valence-electron chi connectivity index (χ2n) is 5.80. The van der Waals surface area contributed by atoms with Crippen LogP contribution in [0.1, 0.15) is 41.4 Å². The number of hydrogen-bond acceptors (Lipinski definition) is 4. The Morgan fingerprint density at radius 1 is 1.50 bits per heavy atom. The molecule has 0 bridgehead atoms. The van der Waals surface area contributed by atoms with Crippen molar-refractivity contribution in [2.75, 3.05) is 6.61 Å². The first-order chi connectivity index (χ1) is 10.6. The zero-order valence-corrected chi connectivity index (χ0v) is 13.8. The number of nitrogens with zero attached hydrogens (tertiary/aromatic N) is 4. The molecule has 2 N–H and O–H groups in total. The molecule has 120 valence electrons. The molecule has 7 heteroatoms. The monoisotopic (exact) mass is 323 g/mol. The van der Waals surface area contributed by atoms with Crippen molar-refractivity contribution < 1.29 is 5.11 Å². The van der Waals surface area contributed by atoms with Crippen LogP contribution >= 0.6 is 11.6 Å². The molecule has 1 aliphatic rings.